The summed E-state index contributed by atoms with van der Waals surface area (Å²) in [6.45, 7) is 0.304. The lowest BCUT2D eigenvalue weighted by molar-refractivity contribution is 0.102. The van der Waals surface area contributed by atoms with Crippen LogP contribution in [0.1, 0.15) is 15.4 Å². The number of anilines is 1. The Balaban J connectivity index is 2.63. The fourth-order valence-corrected chi connectivity index (χ4v) is 1.72. The third-order valence-electron chi connectivity index (χ3n) is 1.48. The van der Waals surface area contributed by atoms with Crippen LogP contribution in [0.2, 0.25) is 0 Å². The number of fused-ring (bicyclic) bond motifs is 1. The van der Waals surface area contributed by atoms with Gasteiger partial charge in [-0.1, -0.05) is 0 Å². The molecular formula is C6H3N3OS. The average Bonchev–Trinajstić information content (AvgIpc) is 2.53. The fraction of sp³-hybridized carbons (Fsp3) is 0.167. The summed E-state index contributed by atoms with van der Waals surface area (Å²) in [6.07, 6.45) is 0. The van der Waals surface area contributed by atoms with E-state index in [-0.39, 0.29) is 5.78 Å². The second kappa shape index (κ2) is 2.04. The van der Waals surface area contributed by atoms with E-state index in [1.54, 1.807) is 0 Å². The van der Waals surface area contributed by atoms with Crippen molar-refractivity contribution in [1.29, 1.82) is 5.26 Å². The summed E-state index contributed by atoms with van der Waals surface area (Å²) in [5.41, 5.74) is 0.943. The Morgan fingerprint density at radius 3 is 3.27 bits per heavy atom. The molecule has 2 rings (SSSR count). The molecule has 0 radical (unpaired) electrons. The third-order valence-corrected chi connectivity index (χ3v) is 2.37. The average molecular weight is 165 g/mol. The van der Waals surface area contributed by atoms with Gasteiger partial charge < -0.3 is 5.32 Å². The Morgan fingerprint density at radius 1 is 1.73 bits per heavy atom. The molecule has 1 aromatic heterocycles. The van der Waals surface area contributed by atoms with Gasteiger partial charge in [-0.2, -0.15) is 9.64 Å². The van der Waals surface area contributed by atoms with Crippen LogP contribution in [0.15, 0.2) is 0 Å². The van der Waals surface area contributed by atoms with Crippen molar-refractivity contribution < 1.29 is 4.79 Å². The van der Waals surface area contributed by atoms with Gasteiger partial charge in [-0.05, 0) is 11.5 Å². The highest BCUT2D eigenvalue weighted by Crippen LogP contribution is 2.28. The van der Waals surface area contributed by atoms with Gasteiger partial charge in [0.15, 0.2) is 11.5 Å². The van der Waals surface area contributed by atoms with E-state index in [4.69, 9.17) is 5.26 Å². The topological polar surface area (TPSA) is 65.8 Å². The molecule has 0 aromatic carbocycles. The summed E-state index contributed by atoms with van der Waals surface area (Å²) in [4.78, 5) is 11.6. The minimum Gasteiger partial charge on any atom is -0.374 e. The van der Waals surface area contributed by atoms with Crippen LogP contribution >= 0.6 is 11.5 Å². The first kappa shape index (κ1) is 6.31. The molecule has 4 nitrogen and oxygen atoms in total. The summed E-state index contributed by atoms with van der Waals surface area (Å²) < 4.78 is 3.80. The van der Waals surface area contributed by atoms with Gasteiger partial charge in [0.25, 0.3) is 0 Å². The van der Waals surface area contributed by atoms with E-state index < -0.39 is 0 Å². The van der Waals surface area contributed by atoms with Gasteiger partial charge in [-0.15, -0.1) is 0 Å². The molecule has 5 heteroatoms. The van der Waals surface area contributed by atoms with Crippen molar-refractivity contribution in [2.45, 2.75) is 0 Å². The van der Waals surface area contributed by atoms with Crippen LogP contribution in [-0.4, -0.2) is 16.7 Å². The van der Waals surface area contributed by atoms with Crippen molar-refractivity contribution in [3.8, 4) is 6.07 Å². The van der Waals surface area contributed by atoms with Crippen LogP contribution in [0.3, 0.4) is 0 Å². The molecule has 54 valence electrons. The molecule has 0 atom stereocenters. The lowest BCUT2D eigenvalue weighted by Crippen LogP contribution is -2.01. The molecule has 1 N–H and O–H groups in total. The highest BCUT2D eigenvalue weighted by atomic mass is 32.1. The lowest BCUT2D eigenvalue weighted by Gasteiger charge is -1.88. The molecule has 0 amide bonds. The van der Waals surface area contributed by atoms with Gasteiger partial charge in [-0.3, -0.25) is 4.79 Å². The van der Waals surface area contributed by atoms with Crippen LogP contribution in [0.25, 0.3) is 0 Å². The molecule has 0 bridgehead atoms. The van der Waals surface area contributed by atoms with Crippen LogP contribution in [0.4, 0.5) is 5.69 Å². The number of rotatable bonds is 0. The molecule has 0 saturated heterocycles. The van der Waals surface area contributed by atoms with Crippen molar-refractivity contribution in [3.05, 3.63) is 10.6 Å². The standard InChI is InChI=1S/C6H3N3OS/c7-1-3-5-6(11-9-3)4(10)2-8-5/h8H,2H2. The summed E-state index contributed by atoms with van der Waals surface area (Å²) in [7, 11) is 0. The zero-order chi connectivity index (χ0) is 7.84. The smallest absolute Gasteiger partial charge is 0.195 e. The van der Waals surface area contributed by atoms with Gasteiger partial charge >= 0.3 is 0 Å². The van der Waals surface area contributed by atoms with Crippen LogP contribution in [0.5, 0.6) is 0 Å². The first-order chi connectivity index (χ1) is 5.33. The largest absolute Gasteiger partial charge is 0.374 e. The number of nitriles is 1. The van der Waals surface area contributed by atoms with Gasteiger partial charge in [-0.25, -0.2) is 0 Å². The molecule has 1 aromatic rings. The molecular weight excluding hydrogens is 162 g/mol. The minimum atomic E-state index is 0.0269. The molecule has 0 aliphatic carbocycles. The van der Waals surface area contributed by atoms with Crippen molar-refractivity contribution in [1.82, 2.24) is 4.37 Å². The number of aromatic nitrogens is 1. The molecule has 2 heterocycles. The number of carbonyl (C=O) groups excluding carboxylic acids is 1. The zero-order valence-electron chi connectivity index (χ0n) is 5.42. The highest BCUT2D eigenvalue weighted by molar-refractivity contribution is 7.09. The highest BCUT2D eigenvalue weighted by Gasteiger charge is 2.25. The van der Waals surface area contributed by atoms with E-state index in [0.717, 1.165) is 11.5 Å². The number of ketones is 1. The first-order valence-electron chi connectivity index (χ1n) is 3.00. The van der Waals surface area contributed by atoms with Crippen molar-refractivity contribution >= 4 is 23.0 Å². The predicted molar refractivity (Wildman–Crippen MR) is 39.6 cm³/mol. The Bertz CT molecular complexity index is 362. The Labute approximate surface area is 66.6 Å². The fourth-order valence-electron chi connectivity index (χ4n) is 0.970. The second-order valence-corrected chi connectivity index (χ2v) is 2.90. The molecule has 0 fully saturated rings. The number of hydrogen-bond donors (Lipinski definition) is 1. The van der Waals surface area contributed by atoms with Crippen LogP contribution < -0.4 is 5.32 Å². The molecule has 0 unspecified atom stereocenters. The number of hydrogen-bond acceptors (Lipinski definition) is 5. The quantitative estimate of drug-likeness (QED) is 0.612. The summed E-state index contributed by atoms with van der Waals surface area (Å²) in [5.74, 6) is 0.0269. The van der Waals surface area contributed by atoms with Gasteiger partial charge in [0, 0.05) is 0 Å². The maximum absolute atomic E-state index is 11.0. The zero-order valence-corrected chi connectivity index (χ0v) is 6.23. The van der Waals surface area contributed by atoms with Gasteiger partial charge in [0.2, 0.25) is 0 Å². The Kier molecular flexibility index (Phi) is 1.17. The van der Waals surface area contributed by atoms with E-state index >= 15 is 0 Å². The monoisotopic (exact) mass is 165 g/mol. The number of nitrogens with one attached hydrogen (secondary N) is 1. The third kappa shape index (κ3) is 0.731. The summed E-state index contributed by atoms with van der Waals surface area (Å²) in [5, 5.41) is 11.3. The second-order valence-electron chi connectivity index (χ2n) is 2.12. The maximum Gasteiger partial charge on any atom is 0.195 e. The Hall–Kier alpha value is -1.41. The first-order valence-corrected chi connectivity index (χ1v) is 3.77. The Morgan fingerprint density at radius 2 is 2.55 bits per heavy atom. The summed E-state index contributed by atoms with van der Waals surface area (Å²) >= 11 is 1.09. The lowest BCUT2D eigenvalue weighted by atomic mass is 10.3. The SMILES string of the molecule is N#Cc1nsc2c1NCC2=O. The minimum absolute atomic E-state index is 0.0269. The number of Topliss-reactive ketones (excluding diaryl/α,β-unsaturated/α-hetero) is 1. The van der Waals surface area contributed by atoms with Gasteiger partial charge in [0.1, 0.15) is 10.9 Å². The maximum atomic E-state index is 11.0. The van der Waals surface area contributed by atoms with E-state index in [0.29, 0.717) is 22.8 Å². The van der Waals surface area contributed by atoms with Gasteiger partial charge in [0.05, 0.1) is 12.2 Å². The number of carbonyl (C=O) groups is 1. The van der Waals surface area contributed by atoms with Crippen molar-refractivity contribution in [3.63, 3.8) is 0 Å². The molecule has 1 aliphatic rings. The molecule has 11 heavy (non-hydrogen) atoms. The molecule has 0 spiro atoms. The normalized spacial score (nSPS) is 13.9. The summed E-state index contributed by atoms with van der Waals surface area (Å²) in [6, 6.07) is 1.91. The van der Waals surface area contributed by atoms with E-state index in [1.807, 2.05) is 6.07 Å². The molecule has 0 saturated carbocycles. The predicted octanol–water partition coefficient (Wildman–Crippen LogP) is 0.623. The van der Waals surface area contributed by atoms with Crippen LogP contribution in [0, 0.1) is 11.3 Å². The van der Waals surface area contributed by atoms with E-state index in [2.05, 4.69) is 9.69 Å². The molecule has 1 aliphatic heterocycles. The van der Waals surface area contributed by atoms with E-state index in [1.165, 1.54) is 0 Å². The van der Waals surface area contributed by atoms with Crippen molar-refractivity contribution in [2.24, 2.45) is 0 Å². The van der Waals surface area contributed by atoms with Crippen LogP contribution in [-0.2, 0) is 0 Å². The van der Waals surface area contributed by atoms with Crippen molar-refractivity contribution in [2.75, 3.05) is 11.9 Å². The van der Waals surface area contributed by atoms with E-state index in [9.17, 15) is 4.79 Å². The number of nitrogens with zero attached hydrogens (tertiary/aromatic N) is 2.